The second-order valence-electron chi connectivity index (χ2n) is 8.50. The molecule has 2 N–H and O–H groups in total. The van der Waals surface area contributed by atoms with Crippen LogP contribution in [0.1, 0.15) is 45.1 Å². The third-order valence-electron chi connectivity index (χ3n) is 4.96. The first-order valence-electron chi connectivity index (χ1n) is 10.3. The monoisotopic (exact) mass is 450 g/mol. The fourth-order valence-corrected chi connectivity index (χ4v) is 3.96. The average molecular weight is 451 g/mol. The molecule has 2 atom stereocenters. The number of nitrogens with zero attached hydrogens (tertiary/aromatic N) is 5. The molecule has 1 aromatic carbocycles. The zero-order valence-electron chi connectivity index (χ0n) is 18.5. The van der Waals surface area contributed by atoms with Crippen molar-refractivity contribution in [3.05, 3.63) is 66.2 Å². The molecular formula is C23H26N6O2S. The van der Waals surface area contributed by atoms with Crippen molar-refractivity contribution in [2.24, 2.45) is 0 Å². The summed E-state index contributed by atoms with van der Waals surface area (Å²) in [6, 6.07) is 13.0. The third-order valence-corrected chi connectivity index (χ3v) is 6.64. The summed E-state index contributed by atoms with van der Waals surface area (Å²) in [7, 11) is -1.21. The number of benzene rings is 1. The number of hydrogen-bond donors (Lipinski definition) is 2. The van der Waals surface area contributed by atoms with E-state index < -0.39 is 11.0 Å². The summed E-state index contributed by atoms with van der Waals surface area (Å²) < 4.78 is 17.0. The Morgan fingerprint density at radius 3 is 2.72 bits per heavy atom. The Labute approximate surface area is 189 Å². The van der Waals surface area contributed by atoms with E-state index in [1.54, 1.807) is 23.1 Å². The van der Waals surface area contributed by atoms with Gasteiger partial charge in [-0.2, -0.15) is 5.10 Å². The van der Waals surface area contributed by atoms with Gasteiger partial charge in [-0.25, -0.2) is 28.6 Å². The lowest BCUT2D eigenvalue weighted by Gasteiger charge is -2.21. The molecule has 1 unspecified atom stereocenters. The van der Waals surface area contributed by atoms with E-state index in [-0.39, 0.29) is 17.4 Å². The van der Waals surface area contributed by atoms with Crippen LogP contribution in [0.3, 0.4) is 0 Å². The molecule has 0 radical (unpaired) electrons. The second-order valence-corrected chi connectivity index (χ2v) is 10.5. The molecule has 3 heterocycles. The summed E-state index contributed by atoms with van der Waals surface area (Å²) in [6.45, 7) is 7.59. The Morgan fingerprint density at radius 1 is 1.16 bits per heavy atom. The topological polar surface area (TPSA) is 106 Å². The number of aliphatic hydroxyl groups is 1. The molecule has 0 aliphatic rings. The normalized spacial score (nSPS) is 13.9. The van der Waals surface area contributed by atoms with Gasteiger partial charge in [0.2, 0.25) is 0 Å². The van der Waals surface area contributed by atoms with Gasteiger partial charge in [0.15, 0.2) is 11.6 Å². The van der Waals surface area contributed by atoms with E-state index in [0.717, 1.165) is 22.2 Å². The van der Waals surface area contributed by atoms with E-state index in [0.29, 0.717) is 17.3 Å². The van der Waals surface area contributed by atoms with Crippen LogP contribution in [0.5, 0.6) is 0 Å². The van der Waals surface area contributed by atoms with Gasteiger partial charge in [0.25, 0.3) is 0 Å². The van der Waals surface area contributed by atoms with E-state index >= 15 is 0 Å². The lowest BCUT2D eigenvalue weighted by atomic mass is 10.1. The molecule has 9 heteroatoms. The van der Waals surface area contributed by atoms with Crippen LogP contribution in [0.2, 0.25) is 0 Å². The molecule has 0 aliphatic heterocycles. The zero-order valence-corrected chi connectivity index (χ0v) is 19.3. The van der Waals surface area contributed by atoms with Crippen LogP contribution in [0.15, 0.2) is 54.9 Å². The van der Waals surface area contributed by atoms with Gasteiger partial charge in [0, 0.05) is 17.1 Å². The highest BCUT2D eigenvalue weighted by Crippen LogP contribution is 2.25. The maximum absolute atomic E-state index is 12.5. The minimum absolute atomic E-state index is 0.134. The minimum Gasteiger partial charge on any atom is -0.390 e. The molecule has 166 valence electrons. The highest BCUT2D eigenvalue weighted by Gasteiger charge is 2.22. The summed E-state index contributed by atoms with van der Waals surface area (Å²) in [5.41, 5.74) is 3.04. The second kappa shape index (κ2) is 8.85. The predicted octanol–water partition coefficient (Wildman–Crippen LogP) is 3.48. The van der Waals surface area contributed by atoms with Crippen molar-refractivity contribution in [2.75, 3.05) is 0 Å². The first-order valence-corrected chi connectivity index (χ1v) is 11.5. The van der Waals surface area contributed by atoms with Gasteiger partial charge in [-0.15, -0.1) is 0 Å². The van der Waals surface area contributed by atoms with Crippen molar-refractivity contribution in [1.29, 1.82) is 0 Å². The number of rotatable bonds is 6. The number of hydrogen-bond acceptors (Lipinski definition) is 6. The van der Waals surface area contributed by atoms with E-state index in [1.165, 1.54) is 0 Å². The Hall–Kier alpha value is -3.01. The fraction of sp³-hybridized carbons (Fsp3) is 0.304. The van der Waals surface area contributed by atoms with Gasteiger partial charge in [0.1, 0.15) is 0 Å². The molecule has 8 nitrogen and oxygen atoms in total. The Morgan fingerprint density at radius 2 is 1.97 bits per heavy atom. The lowest BCUT2D eigenvalue weighted by molar-refractivity contribution is 0.276. The molecule has 0 saturated carbocycles. The van der Waals surface area contributed by atoms with Gasteiger partial charge < -0.3 is 5.11 Å². The van der Waals surface area contributed by atoms with Crippen molar-refractivity contribution < 1.29 is 9.32 Å². The van der Waals surface area contributed by atoms with Crippen LogP contribution in [0, 0.1) is 0 Å². The molecule has 3 aromatic heterocycles. The molecule has 32 heavy (non-hydrogen) atoms. The zero-order chi connectivity index (χ0) is 22.9. The molecule has 0 bridgehead atoms. The predicted molar refractivity (Wildman–Crippen MR) is 125 cm³/mol. The van der Waals surface area contributed by atoms with E-state index in [1.807, 2.05) is 64.1 Å². The molecule has 4 rings (SSSR count). The largest absolute Gasteiger partial charge is 0.390 e. The van der Waals surface area contributed by atoms with E-state index in [9.17, 15) is 9.32 Å². The summed E-state index contributed by atoms with van der Waals surface area (Å²) in [6.07, 6.45) is 3.49. The minimum atomic E-state index is -1.21. The molecule has 0 aliphatic carbocycles. The van der Waals surface area contributed by atoms with E-state index in [2.05, 4.69) is 19.8 Å². The quantitative estimate of drug-likeness (QED) is 0.466. The van der Waals surface area contributed by atoms with Gasteiger partial charge in [0.05, 0.1) is 51.5 Å². The Kier molecular flexibility index (Phi) is 6.14. The summed E-state index contributed by atoms with van der Waals surface area (Å²) in [4.78, 5) is 13.6. The maximum atomic E-state index is 12.5. The van der Waals surface area contributed by atoms with Crippen molar-refractivity contribution in [3.8, 4) is 17.2 Å². The smallest absolute Gasteiger partial charge is 0.159 e. The van der Waals surface area contributed by atoms with Gasteiger partial charge in [-0.1, -0.05) is 18.2 Å². The van der Waals surface area contributed by atoms with Crippen molar-refractivity contribution >= 4 is 21.9 Å². The van der Waals surface area contributed by atoms with Crippen LogP contribution in [-0.4, -0.2) is 38.8 Å². The molecular weight excluding hydrogens is 424 g/mol. The molecule has 0 amide bonds. The van der Waals surface area contributed by atoms with Crippen LogP contribution < -0.4 is 4.72 Å². The first kappa shape index (κ1) is 22.2. The average Bonchev–Trinajstić information content (AvgIpc) is 3.22. The van der Waals surface area contributed by atoms with Crippen LogP contribution >= 0.6 is 0 Å². The van der Waals surface area contributed by atoms with E-state index in [4.69, 9.17) is 4.98 Å². The third kappa shape index (κ3) is 4.59. The number of aromatic nitrogens is 5. The molecule has 0 saturated heterocycles. The van der Waals surface area contributed by atoms with Crippen LogP contribution in [0.25, 0.3) is 28.1 Å². The lowest BCUT2D eigenvalue weighted by Crippen LogP contribution is -2.35. The standard InChI is InChI=1S/C23H26N6O2S/c1-15(28-32(31)23(2,3)4)19-10-11-24-22(27-19)16-8-9-17-13-25-29(20(17)12-16)21-7-5-6-18(14-30)26-21/h5-13,15,28,30H,14H2,1-4H3/t15-,32?/m1/s1. The first-order chi connectivity index (χ1) is 15.3. The summed E-state index contributed by atoms with van der Waals surface area (Å²) in [5.74, 6) is 1.20. The van der Waals surface area contributed by atoms with Crippen LogP contribution in [0.4, 0.5) is 0 Å². The van der Waals surface area contributed by atoms with Crippen molar-refractivity contribution in [1.82, 2.24) is 29.5 Å². The Bertz CT molecular complexity index is 1280. The van der Waals surface area contributed by atoms with Gasteiger partial charge >= 0.3 is 0 Å². The van der Waals surface area contributed by atoms with Crippen molar-refractivity contribution in [2.45, 2.75) is 45.1 Å². The summed E-state index contributed by atoms with van der Waals surface area (Å²) >= 11 is 0. The number of pyridine rings is 1. The molecule has 0 fully saturated rings. The number of nitrogens with one attached hydrogen (secondary N) is 1. The van der Waals surface area contributed by atoms with Gasteiger partial charge in [-0.05, 0) is 52.0 Å². The summed E-state index contributed by atoms with van der Waals surface area (Å²) in [5, 5.41) is 14.8. The highest BCUT2D eigenvalue weighted by molar-refractivity contribution is 7.84. The number of fused-ring (bicyclic) bond motifs is 1. The van der Waals surface area contributed by atoms with Crippen molar-refractivity contribution in [3.63, 3.8) is 0 Å². The Balaban J connectivity index is 1.68. The number of aliphatic hydroxyl groups excluding tert-OH is 1. The maximum Gasteiger partial charge on any atom is 0.159 e. The SMILES string of the molecule is C[C@@H](NS(=O)C(C)(C)C)c1ccnc(-c2ccc3cnn(-c4cccc(CO)n4)c3c2)n1. The van der Waals surface area contributed by atoms with Gasteiger partial charge in [-0.3, -0.25) is 0 Å². The molecule has 4 aromatic rings. The fourth-order valence-electron chi connectivity index (χ4n) is 3.16. The van der Waals surface area contributed by atoms with Crippen LogP contribution in [-0.2, 0) is 17.6 Å². The highest BCUT2D eigenvalue weighted by atomic mass is 32.2. The molecule has 0 spiro atoms.